The monoisotopic (exact) mass is 391 g/mol. The number of alkyl halides is 4. The molecular formula is C20H17F4N3O. The average Bonchev–Trinajstić information content (AvgIpc) is 3.15. The van der Waals surface area contributed by atoms with Crippen LogP contribution < -0.4 is 5.32 Å². The Labute approximate surface area is 158 Å². The van der Waals surface area contributed by atoms with Crippen LogP contribution in [0.1, 0.15) is 37.2 Å². The van der Waals surface area contributed by atoms with Crippen LogP contribution in [-0.2, 0) is 4.79 Å². The van der Waals surface area contributed by atoms with Gasteiger partial charge in [-0.3, -0.25) is 9.48 Å². The molecule has 1 amide bonds. The molecule has 1 aromatic heterocycles. The molecule has 8 heteroatoms. The smallest absolute Gasteiger partial charge is 0.282 e. The van der Waals surface area contributed by atoms with Gasteiger partial charge in [-0.25, -0.2) is 17.6 Å². The van der Waals surface area contributed by atoms with Crippen molar-refractivity contribution in [3.05, 3.63) is 72.1 Å². The third-order valence-electron chi connectivity index (χ3n) is 4.24. The lowest BCUT2D eigenvalue weighted by atomic mass is 10.1. The van der Waals surface area contributed by atoms with Gasteiger partial charge in [-0.05, 0) is 36.2 Å². The van der Waals surface area contributed by atoms with Gasteiger partial charge in [0.05, 0.1) is 0 Å². The van der Waals surface area contributed by atoms with E-state index in [1.807, 2.05) is 42.5 Å². The first-order valence-corrected chi connectivity index (χ1v) is 8.49. The Morgan fingerprint density at radius 3 is 2.11 bits per heavy atom. The zero-order valence-corrected chi connectivity index (χ0v) is 14.8. The molecule has 0 saturated heterocycles. The fraction of sp³-hybridized carbons (Fsp3) is 0.200. The number of benzene rings is 2. The summed E-state index contributed by atoms with van der Waals surface area (Å²) in [6.07, 6.45) is -6.03. The number of carbonyl (C=O) groups is 1. The van der Waals surface area contributed by atoms with E-state index in [9.17, 15) is 22.4 Å². The maximum absolute atomic E-state index is 13.1. The Morgan fingerprint density at radius 1 is 0.929 bits per heavy atom. The molecule has 1 heterocycles. The molecule has 0 saturated carbocycles. The number of aromatic nitrogens is 2. The van der Waals surface area contributed by atoms with Crippen LogP contribution in [0.2, 0.25) is 0 Å². The number of rotatable bonds is 6. The van der Waals surface area contributed by atoms with Crippen LogP contribution in [0.5, 0.6) is 0 Å². The summed E-state index contributed by atoms with van der Waals surface area (Å²) < 4.78 is 52.5. The van der Waals surface area contributed by atoms with E-state index in [4.69, 9.17) is 0 Å². The summed E-state index contributed by atoms with van der Waals surface area (Å²) >= 11 is 0. The number of hydrogen-bond donors (Lipinski definition) is 1. The summed E-state index contributed by atoms with van der Waals surface area (Å²) in [5.74, 6) is -0.640. The first-order valence-electron chi connectivity index (χ1n) is 8.49. The van der Waals surface area contributed by atoms with Crippen LogP contribution in [-0.4, -0.2) is 15.7 Å². The maximum atomic E-state index is 13.1. The highest BCUT2D eigenvalue weighted by Gasteiger charge is 2.26. The second-order valence-electron chi connectivity index (χ2n) is 6.15. The number of carbonyl (C=O) groups excluding carboxylic acids is 1. The third kappa shape index (κ3) is 4.21. The molecule has 4 nitrogen and oxygen atoms in total. The molecule has 3 rings (SSSR count). The molecule has 146 valence electrons. The summed E-state index contributed by atoms with van der Waals surface area (Å²) in [6, 6.07) is 16.0. The third-order valence-corrected chi connectivity index (χ3v) is 4.24. The highest BCUT2D eigenvalue weighted by Crippen LogP contribution is 2.28. The highest BCUT2D eigenvalue weighted by atomic mass is 19.3. The summed E-state index contributed by atoms with van der Waals surface area (Å²) in [5.41, 5.74) is 0.891. The number of nitrogens with zero attached hydrogens (tertiary/aromatic N) is 2. The van der Waals surface area contributed by atoms with E-state index in [1.54, 1.807) is 12.1 Å². The number of anilines is 1. The van der Waals surface area contributed by atoms with Crippen LogP contribution in [0.15, 0.2) is 60.7 Å². The molecule has 0 spiro atoms. The van der Waals surface area contributed by atoms with Crippen molar-refractivity contribution in [3.8, 4) is 11.1 Å². The summed E-state index contributed by atoms with van der Waals surface area (Å²) in [7, 11) is 0. The zero-order chi connectivity index (χ0) is 20.3. The van der Waals surface area contributed by atoms with E-state index in [1.165, 1.54) is 6.92 Å². The topological polar surface area (TPSA) is 46.9 Å². The number of hydrogen-bond acceptors (Lipinski definition) is 2. The molecule has 3 aromatic rings. The lowest BCUT2D eigenvalue weighted by Gasteiger charge is -2.15. The van der Waals surface area contributed by atoms with Crippen molar-refractivity contribution in [1.29, 1.82) is 0 Å². The molecule has 0 aliphatic heterocycles. The van der Waals surface area contributed by atoms with E-state index >= 15 is 0 Å². The van der Waals surface area contributed by atoms with Crippen molar-refractivity contribution in [2.45, 2.75) is 25.8 Å². The Balaban J connectivity index is 1.76. The lowest BCUT2D eigenvalue weighted by Crippen LogP contribution is -2.26. The largest absolute Gasteiger partial charge is 0.324 e. The highest BCUT2D eigenvalue weighted by molar-refractivity contribution is 5.93. The van der Waals surface area contributed by atoms with Crippen molar-refractivity contribution in [2.75, 3.05) is 5.32 Å². The minimum Gasteiger partial charge on any atom is -0.324 e. The second kappa shape index (κ2) is 8.24. The van der Waals surface area contributed by atoms with Gasteiger partial charge in [0, 0.05) is 5.69 Å². The van der Waals surface area contributed by atoms with Crippen molar-refractivity contribution >= 4 is 11.6 Å². The predicted molar refractivity (Wildman–Crippen MR) is 97.4 cm³/mol. The Kier molecular flexibility index (Phi) is 5.77. The molecule has 0 fully saturated rings. The van der Waals surface area contributed by atoms with Gasteiger partial charge in [0.25, 0.3) is 12.9 Å². The molecular weight excluding hydrogens is 374 g/mol. The normalized spacial score (nSPS) is 12.4. The van der Waals surface area contributed by atoms with Crippen molar-refractivity contribution in [1.82, 2.24) is 9.78 Å². The Bertz CT molecular complexity index is 940. The fourth-order valence-electron chi connectivity index (χ4n) is 2.74. The molecule has 28 heavy (non-hydrogen) atoms. The van der Waals surface area contributed by atoms with Crippen molar-refractivity contribution < 1.29 is 22.4 Å². The van der Waals surface area contributed by atoms with E-state index in [0.717, 1.165) is 11.1 Å². The molecule has 0 radical (unpaired) electrons. The van der Waals surface area contributed by atoms with Gasteiger partial charge < -0.3 is 5.32 Å². The second-order valence-corrected chi connectivity index (χ2v) is 6.15. The van der Waals surface area contributed by atoms with Crippen LogP contribution in [0.25, 0.3) is 11.1 Å². The standard InChI is InChI=1S/C20H17F4N3O/c1-12(27-17(19(23)24)11-16(26-27)18(21)22)20(28)25-15-9-7-14(8-10-15)13-5-3-2-4-6-13/h2-12,18-19H,1H3,(H,25,28). The first kappa shape index (κ1) is 19.6. The summed E-state index contributed by atoms with van der Waals surface area (Å²) in [5, 5.41) is 6.06. The van der Waals surface area contributed by atoms with Gasteiger partial charge in [0.15, 0.2) is 0 Å². The van der Waals surface area contributed by atoms with Crippen LogP contribution >= 0.6 is 0 Å². The van der Waals surface area contributed by atoms with E-state index in [0.29, 0.717) is 16.4 Å². The molecule has 0 aliphatic carbocycles. The first-order chi connectivity index (χ1) is 13.4. The van der Waals surface area contributed by atoms with E-state index < -0.39 is 36.2 Å². The Morgan fingerprint density at radius 2 is 1.54 bits per heavy atom. The van der Waals surface area contributed by atoms with Gasteiger partial charge in [-0.2, -0.15) is 5.10 Å². The quantitative estimate of drug-likeness (QED) is 0.554. The van der Waals surface area contributed by atoms with Crippen LogP contribution in [0.4, 0.5) is 23.2 Å². The fourth-order valence-corrected chi connectivity index (χ4v) is 2.74. The number of nitrogens with one attached hydrogen (secondary N) is 1. The molecule has 0 aliphatic rings. The van der Waals surface area contributed by atoms with Gasteiger partial charge >= 0.3 is 0 Å². The predicted octanol–water partition coefficient (Wildman–Crippen LogP) is 5.63. The summed E-state index contributed by atoms with van der Waals surface area (Å²) in [4.78, 5) is 12.4. The summed E-state index contributed by atoms with van der Waals surface area (Å²) in [6.45, 7) is 1.32. The van der Waals surface area contributed by atoms with Crippen molar-refractivity contribution in [3.63, 3.8) is 0 Å². The molecule has 1 N–H and O–H groups in total. The van der Waals surface area contributed by atoms with E-state index in [-0.39, 0.29) is 0 Å². The minimum absolute atomic E-state index is 0.455. The van der Waals surface area contributed by atoms with E-state index in [2.05, 4.69) is 10.4 Å². The zero-order valence-electron chi connectivity index (χ0n) is 14.8. The van der Waals surface area contributed by atoms with Gasteiger partial charge in [0.1, 0.15) is 17.4 Å². The number of halogens is 4. The molecule has 1 unspecified atom stereocenters. The SMILES string of the molecule is CC(C(=O)Nc1ccc(-c2ccccc2)cc1)n1nc(C(F)F)cc1C(F)F. The molecule has 1 atom stereocenters. The Hall–Kier alpha value is -3.16. The van der Waals surface area contributed by atoms with Gasteiger partial charge in [-0.1, -0.05) is 42.5 Å². The molecule has 0 bridgehead atoms. The minimum atomic E-state index is -3.03. The van der Waals surface area contributed by atoms with Crippen molar-refractivity contribution in [2.24, 2.45) is 0 Å². The van der Waals surface area contributed by atoms with Gasteiger partial charge in [0.2, 0.25) is 5.91 Å². The maximum Gasteiger partial charge on any atom is 0.282 e. The van der Waals surface area contributed by atoms with Crippen LogP contribution in [0.3, 0.4) is 0 Å². The van der Waals surface area contributed by atoms with Gasteiger partial charge in [-0.15, -0.1) is 0 Å². The average molecular weight is 391 g/mol. The van der Waals surface area contributed by atoms with Crippen LogP contribution in [0, 0.1) is 0 Å². The number of amides is 1. The lowest BCUT2D eigenvalue weighted by molar-refractivity contribution is -0.119. The molecule has 2 aromatic carbocycles.